The SMILES string of the molecule is COc1cn(Cc2ccccc2)c(Nc2cc(N3CCOCC3)ccc2C)nc1=O. The molecule has 2 heterocycles. The third-order valence-corrected chi connectivity index (χ3v) is 5.22. The number of nitrogens with zero attached hydrogens (tertiary/aromatic N) is 3. The number of benzene rings is 2. The van der Waals surface area contributed by atoms with Gasteiger partial charge in [-0.1, -0.05) is 36.4 Å². The number of aryl methyl sites for hydroxylation is 1. The second kappa shape index (κ2) is 9.00. The summed E-state index contributed by atoms with van der Waals surface area (Å²) in [4.78, 5) is 18.9. The van der Waals surface area contributed by atoms with Crippen molar-refractivity contribution >= 4 is 17.3 Å². The predicted molar refractivity (Wildman–Crippen MR) is 118 cm³/mol. The monoisotopic (exact) mass is 406 g/mol. The molecule has 0 saturated carbocycles. The van der Waals surface area contributed by atoms with E-state index in [4.69, 9.17) is 9.47 Å². The Balaban J connectivity index is 1.68. The Morgan fingerprint density at radius 3 is 2.63 bits per heavy atom. The van der Waals surface area contributed by atoms with Crippen molar-refractivity contribution in [2.75, 3.05) is 43.6 Å². The lowest BCUT2D eigenvalue weighted by Gasteiger charge is -2.29. The molecule has 30 heavy (non-hydrogen) atoms. The van der Waals surface area contributed by atoms with E-state index >= 15 is 0 Å². The van der Waals surface area contributed by atoms with Gasteiger partial charge < -0.3 is 24.3 Å². The number of nitrogens with one attached hydrogen (secondary N) is 1. The molecular formula is C23H26N4O3. The van der Waals surface area contributed by atoms with Gasteiger partial charge >= 0.3 is 5.56 Å². The van der Waals surface area contributed by atoms with Crippen LogP contribution in [-0.2, 0) is 11.3 Å². The number of hydrogen-bond acceptors (Lipinski definition) is 6. The van der Waals surface area contributed by atoms with Gasteiger partial charge in [-0.15, -0.1) is 0 Å². The molecule has 1 aliphatic rings. The molecule has 0 aliphatic carbocycles. The number of methoxy groups -OCH3 is 1. The molecule has 156 valence electrons. The summed E-state index contributed by atoms with van der Waals surface area (Å²) in [5.74, 6) is 0.696. The fourth-order valence-corrected chi connectivity index (χ4v) is 3.50. The topological polar surface area (TPSA) is 68.6 Å². The number of rotatable bonds is 6. The van der Waals surface area contributed by atoms with E-state index in [9.17, 15) is 4.79 Å². The highest BCUT2D eigenvalue weighted by atomic mass is 16.5. The van der Waals surface area contributed by atoms with Crippen LogP contribution in [0.2, 0.25) is 0 Å². The Kier molecular flexibility index (Phi) is 5.99. The lowest BCUT2D eigenvalue weighted by Crippen LogP contribution is -2.36. The van der Waals surface area contributed by atoms with E-state index in [1.54, 1.807) is 6.20 Å². The summed E-state index contributed by atoms with van der Waals surface area (Å²) in [5, 5.41) is 3.37. The molecule has 2 aromatic carbocycles. The largest absolute Gasteiger partial charge is 0.490 e. The van der Waals surface area contributed by atoms with Gasteiger partial charge in [-0.3, -0.25) is 4.79 Å². The fraction of sp³-hybridized carbons (Fsp3) is 0.304. The zero-order valence-electron chi connectivity index (χ0n) is 17.3. The van der Waals surface area contributed by atoms with Crippen molar-refractivity contribution in [1.82, 2.24) is 9.55 Å². The van der Waals surface area contributed by atoms with Crippen molar-refractivity contribution in [1.29, 1.82) is 0 Å². The average Bonchev–Trinajstić information content (AvgIpc) is 2.78. The number of hydrogen-bond donors (Lipinski definition) is 1. The first kappa shape index (κ1) is 20.0. The number of aromatic nitrogens is 2. The normalized spacial score (nSPS) is 13.9. The highest BCUT2D eigenvalue weighted by Gasteiger charge is 2.14. The first-order chi connectivity index (χ1) is 14.6. The predicted octanol–water partition coefficient (Wildman–Crippen LogP) is 3.19. The van der Waals surface area contributed by atoms with Crippen molar-refractivity contribution in [2.24, 2.45) is 0 Å². The second-order valence-corrected chi connectivity index (χ2v) is 7.28. The lowest BCUT2D eigenvalue weighted by atomic mass is 10.1. The molecule has 1 saturated heterocycles. The molecule has 1 fully saturated rings. The molecule has 4 rings (SSSR count). The average molecular weight is 406 g/mol. The van der Waals surface area contributed by atoms with Gasteiger partial charge in [0.2, 0.25) is 11.7 Å². The Hall–Kier alpha value is -3.32. The van der Waals surface area contributed by atoms with E-state index < -0.39 is 5.56 Å². The van der Waals surface area contributed by atoms with Crippen LogP contribution in [-0.4, -0.2) is 43.0 Å². The third kappa shape index (κ3) is 4.46. The lowest BCUT2D eigenvalue weighted by molar-refractivity contribution is 0.122. The molecule has 0 radical (unpaired) electrons. The molecule has 1 aliphatic heterocycles. The zero-order chi connectivity index (χ0) is 20.9. The van der Waals surface area contributed by atoms with Crippen molar-refractivity contribution in [3.8, 4) is 5.75 Å². The van der Waals surface area contributed by atoms with E-state index in [-0.39, 0.29) is 5.75 Å². The van der Waals surface area contributed by atoms with Gasteiger partial charge in [-0.2, -0.15) is 4.98 Å². The molecule has 1 N–H and O–H groups in total. The van der Waals surface area contributed by atoms with Crippen molar-refractivity contribution in [2.45, 2.75) is 13.5 Å². The molecule has 7 nitrogen and oxygen atoms in total. The summed E-state index contributed by atoms with van der Waals surface area (Å²) in [6.07, 6.45) is 1.70. The highest BCUT2D eigenvalue weighted by Crippen LogP contribution is 2.26. The number of anilines is 3. The summed E-state index contributed by atoms with van der Waals surface area (Å²) in [6.45, 7) is 5.79. The van der Waals surface area contributed by atoms with E-state index in [0.717, 1.165) is 48.8 Å². The maximum absolute atomic E-state index is 12.4. The molecule has 0 bridgehead atoms. The van der Waals surface area contributed by atoms with Crippen LogP contribution in [0.3, 0.4) is 0 Å². The Morgan fingerprint density at radius 1 is 1.13 bits per heavy atom. The van der Waals surface area contributed by atoms with E-state index in [0.29, 0.717) is 12.5 Å². The molecular weight excluding hydrogens is 380 g/mol. The summed E-state index contributed by atoms with van der Waals surface area (Å²) in [5.41, 5.74) is 3.82. The van der Waals surface area contributed by atoms with Crippen LogP contribution >= 0.6 is 0 Å². The Labute approximate surface area is 175 Å². The minimum atomic E-state index is -0.397. The summed E-state index contributed by atoms with van der Waals surface area (Å²) in [6, 6.07) is 16.3. The Bertz CT molecular complexity index is 1060. The van der Waals surface area contributed by atoms with Gasteiger partial charge in [0.05, 0.1) is 33.1 Å². The maximum Gasteiger partial charge on any atom is 0.316 e. The van der Waals surface area contributed by atoms with Gasteiger partial charge in [0, 0.05) is 24.5 Å². The highest BCUT2D eigenvalue weighted by molar-refractivity contribution is 5.66. The third-order valence-electron chi connectivity index (χ3n) is 5.22. The fourth-order valence-electron chi connectivity index (χ4n) is 3.50. The second-order valence-electron chi connectivity index (χ2n) is 7.28. The minimum absolute atomic E-state index is 0.218. The smallest absolute Gasteiger partial charge is 0.316 e. The van der Waals surface area contributed by atoms with Gasteiger partial charge in [0.25, 0.3) is 0 Å². The van der Waals surface area contributed by atoms with Crippen LogP contribution in [0.25, 0.3) is 0 Å². The summed E-state index contributed by atoms with van der Waals surface area (Å²) < 4.78 is 12.6. The summed E-state index contributed by atoms with van der Waals surface area (Å²) in [7, 11) is 1.48. The van der Waals surface area contributed by atoms with E-state index in [1.807, 2.05) is 41.8 Å². The van der Waals surface area contributed by atoms with Crippen LogP contribution < -0.4 is 20.5 Å². The van der Waals surface area contributed by atoms with Gasteiger partial charge in [-0.05, 0) is 30.2 Å². The molecule has 0 spiro atoms. The van der Waals surface area contributed by atoms with Gasteiger partial charge in [0.1, 0.15) is 0 Å². The van der Waals surface area contributed by atoms with Crippen molar-refractivity contribution < 1.29 is 9.47 Å². The molecule has 0 unspecified atom stereocenters. The van der Waals surface area contributed by atoms with Crippen molar-refractivity contribution in [3.05, 3.63) is 76.2 Å². The first-order valence-corrected chi connectivity index (χ1v) is 10.0. The summed E-state index contributed by atoms with van der Waals surface area (Å²) >= 11 is 0. The van der Waals surface area contributed by atoms with Crippen LogP contribution in [0.4, 0.5) is 17.3 Å². The number of ether oxygens (including phenoxy) is 2. The Morgan fingerprint density at radius 2 is 1.90 bits per heavy atom. The number of morpholine rings is 1. The molecule has 1 aromatic heterocycles. The van der Waals surface area contributed by atoms with Gasteiger partial charge in [0.15, 0.2) is 0 Å². The molecule has 3 aromatic rings. The standard InChI is InChI=1S/C23H26N4O3/c1-17-8-9-19(26-10-12-30-13-11-26)14-20(17)24-23-25-22(28)21(29-2)16-27(23)15-18-6-4-3-5-7-18/h3-9,14,16H,10-13,15H2,1-2H3,(H,24,25,28). The first-order valence-electron chi connectivity index (χ1n) is 10.0. The van der Waals surface area contributed by atoms with Gasteiger partial charge in [-0.25, -0.2) is 0 Å². The molecule has 0 amide bonds. The van der Waals surface area contributed by atoms with Crippen LogP contribution in [0.1, 0.15) is 11.1 Å². The molecule has 7 heteroatoms. The molecule has 0 atom stereocenters. The van der Waals surface area contributed by atoms with E-state index in [1.165, 1.54) is 7.11 Å². The van der Waals surface area contributed by atoms with Crippen LogP contribution in [0.5, 0.6) is 5.75 Å². The van der Waals surface area contributed by atoms with Crippen LogP contribution in [0, 0.1) is 6.92 Å². The quantitative estimate of drug-likeness (QED) is 0.678. The van der Waals surface area contributed by atoms with Crippen molar-refractivity contribution in [3.63, 3.8) is 0 Å². The maximum atomic E-state index is 12.4. The van der Waals surface area contributed by atoms with E-state index in [2.05, 4.69) is 33.4 Å². The minimum Gasteiger partial charge on any atom is -0.490 e. The van der Waals surface area contributed by atoms with Crippen LogP contribution in [0.15, 0.2) is 59.5 Å². The zero-order valence-corrected chi connectivity index (χ0v) is 17.3.